The van der Waals surface area contributed by atoms with Crippen molar-refractivity contribution in [2.24, 2.45) is 0 Å². The maximum Gasteiger partial charge on any atom is 0.0472 e. The van der Waals surface area contributed by atoms with Gasteiger partial charge in [-0.3, -0.25) is 0 Å². The Morgan fingerprint density at radius 3 is 1.65 bits per heavy atom. The molecular formula is C24H18IN. The minimum absolute atomic E-state index is 1.15. The normalized spacial score (nSPS) is 10.5. The summed E-state index contributed by atoms with van der Waals surface area (Å²) in [7, 11) is 0. The Balaban J connectivity index is 1.77. The molecule has 0 aliphatic carbocycles. The van der Waals surface area contributed by atoms with Crippen LogP contribution < -0.4 is 4.90 Å². The van der Waals surface area contributed by atoms with Gasteiger partial charge in [-0.15, -0.1) is 0 Å². The zero-order chi connectivity index (χ0) is 17.8. The molecule has 0 amide bonds. The van der Waals surface area contributed by atoms with Gasteiger partial charge in [0.05, 0.1) is 0 Å². The molecule has 0 spiro atoms. The molecule has 0 N–H and O–H groups in total. The largest absolute Gasteiger partial charge is 0.310 e. The lowest BCUT2D eigenvalue weighted by Crippen LogP contribution is -2.09. The van der Waals surface area contributed by atoms with Crippen molar-refractivity contribution in [3.63, 3.8) is 0 Å². The molecular weight excluding hydrogens is 429 g/mol. The molecule has 1 nitrogen and oxygen atoms in total. The molecule has 0 saturated heterocycles. The van der Waals surface area contributed by atoms with Crippen LogP contribution in [0.1, 0.15) is 0 Å². The Morgan fingerprint density at radius 1 is 0.462 bits per heavy atom. The Hall–Kier alpha value is -2.59. The fraction of sp³-hybridized carbons (Fsp3) is 0. The maximum atomic E-state index is 2.36. The van der Waals surface area contributed by atoms with E-state index in [1.807, 2.05) is 6.07 Å². The van der Waals surface area contributed by atoms with Crippen molar-refractivity contribution >= 4 is 39.7 Å². The highest BCUT2D eigenvalue weighted by Gasteiger charge is 2.12. The molecule has 0 aliphatic rings. The fourth-order valence-electron chi connectivity index (χ4n) is 3.07. The van der Waals surface area contributed by atoms with E-state index in [-0.39, 0.29) is 0 Å². The van der Waals surface area contributed by atoms with Crippen LogP contribution >= 0.6 is 22.6 Å². The first-order valence-corrected chi connectivity index (χ1v) is 9.65. The number of rotatable bonds is 4. The summed E-state index contributed by atoms with van der Waals surface area (Å²) in [6.45, 7) is 0. The van der Waals surface area contributed by atoms with Crippen LogP contribution in [0.4, 0.5) is 17.1 Å². The first kappa shape index (κ1) is 16.9. The number of hydrogen-bond acceptors (Lipinski definition) is 1. The molecule has 0 radical (unpaired) electrons. The Kier molecular flexibility index (Phi) is 5.02. The molecule has 4 aromatic rings. The van der Waals surface area contributed by atoms with Gasteiger partial charge < -0.3 is 4.90 Å². The second kappa shape index (κ2) is 7.75. The SMILES string of the molecule is Ic1cccc(N(c2ccccc2)c2ccc(-c3ccccc3)cc2)c1. The third-order valence-corrected chi connectivity index (χ3v) is 4.98. The first-order chi connectivity index (χ1) is 12.8. The molecule has 0 aromatic heterocycles. The van der Waals surface area contributed by atoms with Gasteiger partial charge in [0.15, 0.2) is 0 Å². The smallest absolute Gasteiger partial charge is 0.0472 e. The van der Waals surface area contributed by atoms with E-state index >= 15 is 0 Å². The first-order valence-electron chi connectivity index (χ1n) is 8.57. The maximum absolute atomic E-state index is 2.36. The van der Waals surface area contributed by atoms with Crippen molar-refractivity contribution in [2.75, 3.05) is 4.90 Å². The zero-order valence-electron chi connectivity index (χ0n) is 14.2. The van der Waals surface area contributed by atoms with Crippen LogP contribution in [-0.2, 0) is 0 Å². The summed E-state index contributed by atoms with van der Waals surface area (Å²) in [4.78, 5) is 2.29. The van der Waals surface area contributed by atoms with E-state index in [9.17, 15) is 0 Å². The second-order valence-electron chi connectivity index (χ2n) is 6.06. The van der Waals surface area contributed by atoms with E-state index in [2.05, 4.69) is 131 Å². The highest BCUT2D eigenvalue weighted by molar-refractivity contribution is 14.1. The van der Waals surface area contributed by atoms with E-state index in [4.69, 9.17) is 0 Å². The lowest BCUT2D eigenvalue weighted by molar-refractivity contribution is 1.28. The summed E-state index contributed by atoms with van der Waals surface area (Å²) in [6, 6.07) is 38.3. The summed E-state index contributed by atoms with van der Waals surface area (Å²) in [5.41, 5.74) is 5.93. The minimum atomic E-state index is 1.15. The Bertz CT molecular complexity index is 979. The predicted molar refractivity (Wildman–Crippen MR) is 119 cm³/mol. The van der Waals surface area contributed by atoms with Gasteiger partial charge >= 0.3 is 0 Å². The van der Waals surface area contributed by atoms with E-state index in [0.29, 0.717) is 0 Å². The number of halogens is 1. The van der Waals surface area contributed by atoms with Crippen LogP contribution in [0.25, 0.3) is 11.1 Å². The molecule has 0 saturated carbocycles. The molecule has 2 heteroatoms. The Labute approximate surface area is 168 Å². The monoisotopic (exact) mass is 447 g/mol. The molecule has 0 atom stereocenters. The van der Waals surface area contributed by atoms with Crippen molar-refractivity contribution in [1.29, 1.82) is 0 Å². The van der Waals surface area contributed by atoms with E-state index < -0.39 is 0 Å². The van der Waals surface area contributed by atoms with Crippen LogP contribution in [0.2, 0.25) is 0 Å². The second-order valence-corrected chi connectivity index (χ2v) is 7.31. The summed E-state index contributed by atoms with van der Waals surface area (Å²) in [6.07, 6.45) is 0. The van der Waals surface area contributed by atoms with Gasteiger partial charge in [-0.1, -0.05) is 66.7 Å². The quantitative estimate of drug-likeness (QED) is 0.294. The molecule has 0 unspecified atom stereocenters. The van der Waals surface area contributed by atoms with Crippen molar-refractivity contribution < 1.29 is 0 Å². The molecule has 0 bridgehead atoms. The molecule has 0 aliphatic heterocycles. The van der Waals surface area contributed by atoms with Gasteiger partial charge in [0.2, 0.25) is 0 Å². The summed E-state index contributed by atoms with van der Waals surface area (Å²) in [5, 5.41) is 0. The molecule has 4 rings (SSSR count). The summed E-state index contributed by atoms with van der Waals surface area (Å²) < 4.78 is 1.22. The van der Waals surface area contributed by atoms with Crippen molar-refractivity contribution in [3.8, 4) is 11.1 Å². The lowest BCUT2D eigenvalue weighted by atomic mass is 10.0. The van der Waals surface area contributed by atoms with Crippen molar-refractivity contribution in [3.05, 3.63) is 113 Å². The number of benzene rings is 4. The van der Waals surface area contributed by atoms with E-state index in [1.165, 1.54) is 14.7 Å². The molecule has 126 valence electrons. The topological polar surface area (TPSA) is 3.24 Å². The average Bonchev–Trinajstić information content (AvgIpc) is 2.70. The van der Waals surface area contributed by atoms with Gasteiger partial charge in [0, 0.05) is 20.6 Å². The third kappa shape index (κ3) is 3.65. The fourth-order valence-corrected chi connectivity index (χ4v) is 3.60. The average molecular weight is 447 g/mol. The van der Waals surface area contributed by atoms with E-state index in [0.717, 1.165) is 17.1 Å². The van der Waals surface area contributed by atoms with Gasteiger partial charge in [-0.25, -0.2) is 0 Å². The van der Waals surface area contributed by atoms with E-state index in [1.54, 1.807) is 0 Å². The highest BCUT2D eigenvalue weighted by atomic mass is 127. The highest BCUT2D eigenvalue weighted by Crippen LogP contribution is 2.35. The van der Waals surface area contributed by atoms with Gasteiger partial charge in [-0.2, -0.15) is 0 Å². The summed E-state index contributed by atoms with van der Waals surface area (Å²) in [5.74, 6) is 0. The number of anilines is 3. The minimum Gasteiger partial charge on any atom is -0.310 e. The Morgan fingerprint density at radius 2 is 1.00 bits per heavy atom. The summed E-state index contributed by atoms with van der Waals surface area (Å²) >= 11 is 2.36. The molecule has 4 aromatic carbocycles. The van der Waals surface area contributed by atoms with Gasteiger partial charge in [-0.05, 0) is 76.2 Å². The lowest BCUT2D eigenvalue weighted by Gasteiger charge is -2.25. The van der Waals surface area contributed by atoms with Crippen LogP contribution in [0.5, 0.6) is 0 Å². The van der Waals surface area contributed by atoms with Crippen LogP contribution in [0, 0.1) is 3.57 Å². The predicted octanol–water partition coefficient (Wildman–Crippen LogP) is 7.43. The van der Waals surface area contributed by atoms with Crippen LogP contribution in [-0.4, -0.2) is 0 Å². The van der Waals surface area contributed by atoms with Gasteiger partial charge in [0.1, 0.15) is 0 Å². The zero-order valence-corrected chi connectivity index (χ0v) is 16.4. The number of para-hydroxylation sites is 1. The van der Waals surface area contributed by atoms with Crippen molar-refractivity contribution in [2.45, 2.75) is 0 Å². The van der Waals surface area contributed by atoms with Crippen molar-refractivity contribution in [1.82, 2.24) is 0 Å². The third-order valence-electron chi connectivity index (χ3n) is 4.31. The standard InChI is InChI=1S/C24H18IN/c25-21-10-7-13-24(18-21)26(22-11-5-2-6-12-22)23-16-14-20(15-17-23)19-8-3-1-4-9-19/h1-18H. The van der Waals surface area contributed by atoms with Crippen LogP contribution in [0.3, 0.4) is 0 Å². The molecule has 0 heterocycles. The number of nitrogens with zero attached hydrogens (tertiary/aromatic N) is 1. The van der Waals surface area contributed by atoms with Gasteiger partial charge in [0.25, 0.3) is 0 Å². The molecule has 26 heavy (non-hydrogen) atoms. The van der Waals surface area contributed by atoms with Crippen LogP contribution in [0.15, 0.2) is 109 Å². The molecule has 0 fully saturated rings. The number of hydrogen-bond donors (Lipinski definition) is 0.